The van der Waals surface area contributed by atoms with Crippen molar-refractivity contribution in [3.63, 3.8) is 0 Å². The number of aryl methyl sites for hydroxylation is 2. The van der Waals surface area contributed by atoms with Crippen LogP contribution in [0.15, 0.2) is 24.3 Å². The summed E-state index contributed by atoms with van der Waals surface area (Å²) < 4.78 is 41.4. The Balaban J connectivity index is 1.95. The van der Waals surface area contributed by atoms with Gasteiger partial charge in [-0.1, -0.05) is 0 Å². The Morgan fingerprint density at radius 1 is 1.07 bits per heavy atom. The van der Waals surface area contributed by atoms with E-state index in [1.807, 2.05) is 0 Å². The van der Waals surface area contributed by atoms with Gasteiger partial charge in [-0.3, -0.25) is 9.59 Å². The van der Waals surface area contributed by atoms with Crippen molar-refractivity contribution in [2.24, 2.45) is 0 Å². The van der Waals surface area contributed by atoms with Gasteiger partial charge in [0.1, 0.15) is 0 Å². The summed E-state index contributed by atoms with van der Waals surface area (Å²) in [6, 6.07) is 4.77. The van der Waals surface area contributed by atoms with E-state index < -0.39 is 29.2 Å². The van der Waals surface area contributed by atoms with Crippen molar-refractivity contribution >= 4 is 29.0 Å². The first-order valence-electron chi connectivity index (χ1n) is 8.06. The molecule has 8 nitrogen and oxygen atoms in total. The van der Waals surface area contributed by atoms with E-state index >= 15 is 0 Å². The Kier molecular flexibility index (Phi) is 4.75. The number of carbonyl (C=O) groups excluding carboxylic acids is 2. The quantitative estimate of drug-likeness (QED) is 0.714. The summed E-state index contributed by atoms with van der Waals surface area (Å²) >= 11 is 0. The molecule has 2 heterocycles. The Labute approximate surface area is 156 Å². The molecule has 2 amide bonds. The first-order chi connectivity index (χ1) is 13.0. The Morgan fingerprint density at radius 3 is 2.43 bits per heavy atom. The van der Waals surface area contributed by atoms with E-state index in [-0.39, 0.29) is 17.3 Å². The number of halogens is 3. The van der Waals surface area contributed by atoms with Gasteiger partial charge in [0.15, 0.2) is 0 Å². The summed E-state index contributed by atoms with van der Waals surface area (Å²) in [6.07, 6.45) is -4.75. The number of anilines is 2. The molecule has 0 radical (unpaired) electrons. The predicted molar refractivity (Wildman–Crippen MR) is 94.0 cm³/mol. The molecule has 3 aromatic rings. The van der Waals surface area contributed by atoms with E-state index in [2.05, 4.69) is 25.7 Å². The molecular formula is C17H15F3N6O2. The second kappa shape index (κ2) is 6.91. The van der Waals surface area contributed by atoms with Crippen LogP contribution in [-0.2, 0) is 11.0 Å². The second-order valence-electron chi connectivity index (χ2n) is 6.08. The molecule has 146 valence electrons. The van der Waals surface area contributed by atoms with Crippen molar-refractivity contribution < 1.29 is 22.8 Å². The van der Waals surface area contributed by atoms with E-state index in [1.54, 1.807) is 19.9 Å². The zero-order valence-corrected chi connectivity index (χ0v) is 15.0. The molecule has 3 rings (SSSR count). The van der Waals surface area contributed by atoms with Gasteiger partial charge in [-0.05, 0) is 38.1 Å². The maximum atomic E-state index is 13.4. The lowest BCUT2D eigenvalue weighted by Gasteiger charge is -2.15. The molecule has 0 saturated heterocycles. The van der Waals surface area contributed by atoms with E-state index in [0.29, 0.717) is 11.4 Å². The van der Waals surface area contributed by atoms with Crippen molar-refractivity contribution in [2.75, 3.05) is 10.6 Å². The molecule has 0 unspecified atom stereocenters. The maximum Gasteiger partial charge on any atom is 0.418 e. The lowest BCUT2D eigenvalue weighted by Crippen LogP contribution is -2.18. The van der Waals surface area contributed by atoms with Crippen LogP contribution >= 0.6 is 0 Å². The Morgan fingerprint density at radius 2 is 1.79 bits per heavy atom. The first-order valence-corrected chi connectivity index (χ1v) is 8.06. The van der Waals surface area contributed by atoms with Gasteiger partial charge < -0.3 is 10.6 Å². The summed E-state index contributed by atoms with van der Waals surface area (Å²) in [5, 5.41) is 8.43. The fraction of sp³-hybridized carbons (Fsp3) is 0.235. The summed E-state index contributed by atoms with van der Waals surface area (Å²) in [7, 11) is 0. The highest BCUT2D eigenvalue weighted by atomic mass is 19.4. The fourth-order valence-electron chi connectivity index (χ4n) is 2.61. The molecule has 2 aromatic heterocycles. The maximum absolute atomic E-state index is 13.4. The molecule has 0 aliphatic rings. The number of carbonyl (C=O) groups is 2. The largest absolute Gasteiger partial charge is 0.418 e. The number of alkyl halides is 3. The number of rotatable bonds is 3. The molecular weight excluding hydrogens is 377 g/mol. The molecule has 0 bridgehead atoms. The molecule has 0 aliphatic heterocycles. The van der Waals surface area contributed by atoms with Gasteiger partial charge in [0.05, 0.1) is 11.3 Å². The summed E-state index contributed by atoms with van der Waals surface area (Å²) in [5.41, 5.74) is -0.298. The van der Waals surface area contributed by atoms with Crippen LogP contribution in [0, 0.1) is 13.8 Å². The molecule has 0 fully saturated rings. The van der Waals surface area contributed by atoms with Gasteiger partial charge in [0, 0.05) is 24.0 Å². The van der Waals surface area contributed by atoms with Crippen molar-refractivity contribution in [3.05, 3.63) is 47.0 Å². The molecule has 0 atom stereocenters. The van der Waals surface area contributed by atoms with E-state index in [4.69, 9.17) is 0 Å². The third-order valence-electron chi connectivity index (χ3n) is 3.71. The van der Waals surface area contributed by atoms with Crippen molar-refractivity contribution in [1.29, 1.82) is 0 Å². The topological polar surface area (TPSA) is 101 Å². The number of nitrogens with zero attached hydrogens (tertiary/aromatic N) is 4. The number of amides is 2. The molecule has 0 saturated carbocycles. The third kappa shape index (κ3) is 3.92. The zero-order chi connectivity index (χ0) is 20.6. The fourth-order valence-corrected chi connectivity index (χ4v) is 2.61. The van der Waals surface area contributed by atoms with Gasteiger partial charge in [-0.15, -0.1) is 5.10 Å². The number of hydrogen-bond acceptors (Lipinski definition) is 5. The van der Waals surface area contributed by atoms with Crippen molar-refractivity contribution in [1.82, 2.24) is 19.6 Å². The number of nitrogens with one attached hydrogen (secondary N) is 2. The summed E-state index contributed by atoms with van der Waals surface area (Å²) in [6.45, 7) is 4.66. The van der Waals surface area contributed by atoms with Gasteiger partial charge in [-0.25, -0.2) is 9.50 Å². The monoisotopic (exact) mass is 392 g/mol. The van der Waals surface area contributed by atoms with Crippen LogP contribution in [-0.4, -0.2) is 31.4 Å². The van der Waals surface area contributed by atoms with Crippen molar-refractivity contribution in [2.45, 2.75) is 26.9 Å². The summed E-state index contributed by atoms with van der Waals surface area (Å²) in [5.74, 6) is -1.59. The highest BCUT2D eigenvalue weighted by Gasteiger charge is 2.34. The minimum absolute atomic E-state index is 0.0426. The normalized spacial score (nSPS) is 11.5. The Hall–Kier alpha value is -3.50. The number of benzene rings is 1. The average molecular weight is 392 g/mol. The van der Waals surface area contributed by atoms with Crippen LogP contribution < -0.4 is 10.6 Å². The minimum atomic E-state index is -4.75. The van der Waals surface area contributed by atoms with Crippen LogP contribution in [0.5, 0.6) is 0 Å². The predicted octanol–water partition coefficient (Wildman–Crippen LogP) is 2.97. The summed E-state index contributed by atoms with van der Waals surface area (Å²) in [4.78, 5) is 31.6. The highest BCUT2D eigenvalue weighted by molar-refractivity contribution is 6.02. The van der Waals surface area contributed by atoms with E-state index in [9.17, 15) is 22.8 Å². The minimum Gasteiger partial charge on any atom is -0.326 e. The molecule has 0 aliphatic carbocycles. The van der Waals surface area contributed by atoms with E-state index in [1.165, 1.54) is 17.5 Å². The van der Waals surface area contributed by atoms with E-state index in [0.717, 1.165) is 12.1 Å². The Bertz CT molecular complexity index is 1090. The standard InChI is InChI=1S/C17H15F3N6O2/c1-8-6-9(2)26-16(21-8)24-14(25-26)15(28)23-13-5-4-11(22-10(3)27)7-12(13)17(18,19)20/h4-7H,1-3H3,(H,22,27)(H,23,28). The number of aromatic nitrogens is 4. The number of fused-ring (bicyclic) bond motifs is 1. The molecule has 0 spiro atoms. The second-order valence-corrected chi connectivity index (χ2v) is 6.08. The molecule has 11 heteroatoms. The van der Waals surface area contributed by atoms with Crippen LogP contribution in [0.25, 0.3) is 5.78 Å². The molecule has 1 aromatic carbocycles. The van der Waals surface area contributed by atoms with Gasteiger partial charge in [0.25, 0.3) is 11.7 Å². The van der Waals surface area contributed by atoms with Gasteiger partial charge >= 0.3 is 6.18 Å². The third-order valence-corrected chi connectivity index (χ3v) is 3.71. The lowest BCUT2D eigenvalue weighted by atomic mass is 10.1. The smallest absolute Gasteiger partial charge is 0.326 e. The molecule has 2 N–H and O–H groups in total. The van der Waals surface area contributed by atoms with Crippen LogP contribution in [0.1, 0.15) is 34.5 Å². The van der Waals surface area contributed by atoms with Crippen LogP contribution in [0.4, 0.5) is 24.5 Å². The average Bonchev–Trinajstić information content (AvgIpc) is 2.99. The lowest BCUT2D eigenvalue weighted by molar-refractivity contribution is -0.137. The van der Waals surface area contributed by atoms with Gasteiger partial charge in [-0.2, -0.15) is 18.2 Å². The first kappa shape index (κ1) is 19.3. The zero-order valence-electron chi connectivity index (χ0n) is 15.0. The highest BCUT2D eigenvalue weighted by Crippen LogP contribution is 2.36. The molecule has 28 heavy (non-hydrogen) atoms. The SMILES string of the molecule is CC(=O)Nc1ccc(NC(=O)c2nc3nc(C)cc(C)n3n2)c(C(F)(F)F)c1. The van der Waals surface area contributed by atoms with Gasteiger partial charge in [0.2, 0.25) is 11.7 Å². The van der Waals surface area contributed by atoms with Crippen molar-refractivity contribution in [3.8, 4) is 0 Å². The van der Waals surface area contributed by atoms with Crippen LogP contribution in [0.3, 0.4) is 0 Å². The number of hydrogen-bond donors (Lipinski definition) is 2. The van der Waals surface area contributed by atoms with Crippen LogP contribution in [0.2, 0.25) is 0 Å².